The van der Waals surface area contributed by atoms with Crippen molar-refractivity contribution in [2.24, 2.45) is 0 Å². The first-order valence-corrected chi connectivity index (χ1v) is 15.1. The quantitative estimate of drug-likeness (QED) is 0.100. The van der Waals surface area contributed by atoms with Gasteiger partial charge in [0.25, 0.3) is 0 Å². The van der Waals surface area contributed by atoms with Gasteiger partial charge in [0.05, 0.1) is 16.9 Å². The summed E-state index contributed by atoms with van der Waals surface area (Å²) in [5.41, 5.74) is 6.27. The van der Waals surface area contributed by atoms with Crippen LogP contribution >= 0.6 is 0 Å². The average Bonchev–Trinajstić information content (AvgIpc) is 3.04. The first kappa shape index (κ1) is 29.2. The lowest BCUT2D eigenvalue weighted by Crippen LogP contribution is -2.47. The molecule has 0 N–H and O–H groups in total. The van der Waals surface area contributed by atoms with Crippen molar-refractivity contribution in [2.45, 2.75) is 32.2 Å². The van der Waals surface area contributed by atoms with Gasteiger partial charge in [0, 0.05) is 62.1 Å². The van der Waals surface area contributed by atoms with Gasteiger partial charge in [-0.3, -0.25) is 0 Å². The van der Waals surface area contributed by atoms with E-state index < -0.39 is 11.6 Å². The zero-order valence-corrected chi connectivity index (χ0v) is 25.4. The van der Waals surface area contributed by atoms with Crippen LogP contribution in [0.5, 0.6) is 0 Å². The summed E-state index contributed by atoms with van der Waals surface area (Å²) < 4.78 is 35.1. The van der Waals surface area contributed by atoms with Crippen LogP contribution in [0.2, 0.25) is 0 Å². The summed E-state index contributed by atoms with van der Waals surface area (Å²) in [7, 11) is 2.07. The standard InChI is InChI=1S/C39H37F2N3/c1-5-37-34(35-25-30(40)26-36(41)38(35)39-33-19-13-12-14-29(33)20-22-44(37)39)21-23-43(32-17-10-7-11-18-32)28(3)24-27(2)42(4)31-15-8-6-9-16-31/h5-20,22,24-26,34,37H,1,21,23H2,2-4H3/q+2. The first-order chi connectivity index (χ1) is 21.4. The monoisotopic (exact) mass is 585 g/mol. The molecule has 0 radical (unpaired) electrons. The van der Waals surface area contributed by atoms with Gasteiger partial charge in [0.15, 0.2) is 18.0 Å². The van der Waals surface area contributed by atoms with Crippen molar-refractivity contribution in [1.82, 2.24) is 0 Å². The van der Waals surface area contributed by atoms with Crippen LogP contribution < -0.4 is 9.47 Å². The molecule has 220 valence electrons. The summed E-state index contributed by atoms with van der Waals surface area (Å²) in [5.74, 6) is -1.29. The van der Waals surface area contributed by atoms with Gasteiger partial charge >= 0.3 is 0 Å². The number of rotatable bonds is 8. The first-order valence-electron chi connectivity index (χ1n) is 15.1. The number of para-hydroxylation sites is 2. The zero-order valence-electron chi connectivity index (χ0n) is 25.4. The van der Waals surface area contributed by atoms with E-state index in [0.29, 0.717) is 24.1 Å². The molecule has 1 aliphatic heterocycles. The molecule has 0 aliphatic carbocycles. The van der Waals surface area contributed by atoms with E-state index in [-0.39, 0.29) is 12.0 Å². The Labute approximate surface area is 258 Å². The fourth-order valence-corrected chi connectivity index (χ4v) is 6.58. The minimum atomic E-state index is -0.562. The number of anilines is 1. The number of nitrogens with zero attached hydrogens (tertiary/aromatic N) is 3. The number of hydrogen-bond acceptors (Lipinski definition) is 1. The van der Waals surface area contributed by atoms with Crippen molar-refractivity contribution in [3.63, 3.8) is 0 Å². The number of hydrogen-bond donors (Lipinski definition) is 0. The topological polar surface area (TPSA) is 10.1 Å². The molecule has 1 aromatic heterocycles. The molecule has 2 atom stereocenters. The second-order valence-corrected chi connectivity index (χ2v) is 11.4. The van der Waals surface area contributed by atoms with Gasteiger partial charge in [-0.2, -0.15) is 9.14 Å². The second kappa shape index (κ2) is 12.4. The molecule has 6 rings (SSSR count). The van der Waals surface area contributed by atoms with Gasteiger partial charge in [0.1, 0.15) is 18.2 Å². The highest BCUT2D eigenvalue weighted by Crippen LogP contribution is 2.44. The van der Waals surface area contributed by atoms with Crippen LogP contribution in [0.15, 0.2) is 134 Å². The normalized spacial score (nSPS) is 16.6. The van der Waals surface area contributed by atoms with E-state index in [1.807, 2.05) is 72.9 Å². The Bertz CT molecular complexity index is 1890. The molecule has 0 saturated heterocycles. The highest BCUT2D eigenvalue weighted by atomic mass is 19.1. The van der Waals surface area contributed by atoms with Crippen molar-refractivity contribution in [1.29, 1.82) is 0 Å². The van der Waals surface area contributed by atoms with Crippen molar-refractivity contribution in [3.05, 3.63) is 151 Å². The highest BCUT2D eigenvalue weighted by Gasteiger charge is 2.42. The summed E-state index contributed by atoms with van der Waals surface area (Å²) in [4.78, 5) is 2.17. The Morgan fingerprint density at radius 3 is 2.32 bits per heavy atom. The van der Waals surface area contributed by atoms with Gasteiger partial charge < -0.3 is 4.90 Å². The third-order valence-electron chi connectivity index (χ3n) is 8.83. The number of aromatic nitrogens is 1. The number of halogens is 2. The molecule has 0 saturated carbocycles. The SMILES string of the molecule is C=CC1C(CC/[N+](=C(C)\C=C(\C)N(C)c2ccccc2)c2ccccc2)c2cc(F)cc(F)c2-c2c3ccccc3cc[n+]21. The van der Waals surface area contributed by atoms with Crippen molar-refractivity contribution in [3.8, 4) is 11.3 Å². The Morgan fingerprint density at radius 1 is 0.909 bits per heavy atom. The molecule has 5 aromatic rings. The van der Waals surface area contributed by atoms with Crippen molar-refractivity contribution in [2.75, 3.05) is 18.5 Å². The smallest absolute Gasteiger partial charge is 0.224 e. The van der Waals surface area contributed by atoms with Crippen LogP contribution in [0.1, 0.15) is 37.8 Å². The summed E-state index contributed by atoms with van der Waals surface area (Å²) in [6.07, 6.45) is 6.77. The van der Waals surface area contributed by atoms with Crippen molar-refractivity contribution < 1.29 is 17.9 Å². The summed E-state index contributed by atoms with van der Waals surface area (Å²) in [6.45, 7) is 9.06. The summed E-state index contributed by atoms with van der Waals surface area (Å²) >= 11 is 0. The molecule has 0 amide bonds. The summed E-state index contributed by atoms with van der Waals surface area (Å²) in [6, 6.07) is 32.9. The van der Waals surface area contributed by atoms with Crippen LogP contribution in [0, 0.1) is 11.6 Å². The molecule has 44 heavy (non-hydrogen) atoms. The van der Waals surface area contributed by atoms with Crippen LogP contribution in [-0.2, 0) is 0 Å². The molecule has 0 fully saturated rings. The molecule has 4 aromatic carbocycles. The zero-order chi connectivity index (χ0) is 30.8. The van der Waals surface area contributed by atoms with E-state index in [9.17, 15) is 4.39 Å². The predicted molar refractivity (Wildman–Crippen MR) is 177 cm³/mol. The van der Waals surface area contributed by atoms with Crippen molar-refractivity contribution >= 4 is 27.9 Å². The number of allylic oxidation sites excluding steroid dienone is 3. The third-order valence-corrected chi connectivity index (χ3v) is 8.83. The van der Waals surface area contributed by atoms with E-state index in [4.69, 9.17) is 0 Å². The Balaban J connectivity index is 1.43. The van der Waals surface area contributed by atoms with Gasteiger partial charge in [-0.25, -0.2) is 8.78 Å². The molecule has 0 bridgehead atoms. The minimum Gasteiger partial charge on any atom is -0.348 e. The van der Waals surface area contributed by atoms with E-state index >= 15 is 4.39 Å². The van der Waals surface area contributed by atoms with Gasteiger partial charge in [0.2, 0.25) is 11.4 Å². The lowest BCUT2D eigenvalue weighted by atomic mass is 9.79. The van der Waals surface area contributed by atoms with Crippen LogP contribution in [0.4, 0.5) is 20.2 Å². The molecule has 0 spiro atoms. The van der Waals surface area contributed by atoms with Crippen LogP contribution in [-0.4, -0.2) is 23.9 Å². The molecule has 1 aliphatic rings. The fourth-order valence-electron chi connectivity index (χ4n) is 6.58. The Hall–Kier alpha value is -4.90. The van der Waals surface area contributed by atoms with Crippen LogP contribution in [0.25, 0.3) is 22.0 Å². The van der Waals surface area contributed by atoms with E-state index in [1.54, 1.807) is 0 Å². The molecule has 3 nitrogen and oxygen atoms in total. The maximum atomic E-state index is 15.8. The van der Waals surface area contributed by atoms with E-state index in [2.05, 4.69) is 77.9 Å². The molecule has 5 heteroatoms. The number of pyridine rings is 1. The lowest BCUT2D eigenvalue weighted by Gasteiger charge is -2.29. The van der Waals surface area contributed by atoms with Gasteiger partial charge in [-0.05, 0) is 48.2 Å². The molecular formula is C39H37F2N3+2. The number of fused-ring (bicyclic) bond motifs is 5. The number of benzene rings is 4. The second-order valence-electron chi connectivity index (χ2n) is 11.4. The highest BCUT2D eigenvalue weighted by molar-refractivity contribution is 5.94. The maximum absolute atomic E-state index is 15.8. The van der Waals surface area contributed by atoms with Gasteiger partial charge in [-0.1, -0.05) is 61.2 Å². The Kier molecular flexibility index (Phi) is 8.21. The largest absolute Gasteiger partial charge is 0.348 e. The molecule has 2 heterocycles. The molecular weight excluding hydrogens is 548 g/mol. The predicted octanol–water partition coefficient (Wildman–Crippen LogP) is 9.13. The fraction of sp³-hybridized carbons (Fsp3) is 0.179. The maximum Gasteiger partial charge on any atom is 0.224 e. The average molecular weight is 586 g/mol. The van der Waals surface area contributed by atoms with E-state index in [0.717, 1.165) is 45.3 Å². The van der Waals surface area contributed by atoms with Crippen LogP contribution in [0.3, 0.4) is 0 Å². The molecule has 2 unspecified atom stereocenters. The Morgan fingerprint density at radius 2 is 1.59 bits per heavy atom. The minimum absolute atomic E-state index is 0.178. The summed E-state index contributed by atoms with van der Waals surface area (Å²) in [5, 5.41) is 1.95. The third kappa shape index (κ3) is 5.46. The van der Waals surface area contributed by atoms with Gasteiger partial charge in [-0.15, -0.1) is 0 Å². The lowest BCUT2D eigenvalue weighted by molar-refractivity contribution is -0.706. The van der Waals surface area contributed by atoms with E-state index in [1.165, 1.54) is 6.07 Å².